The number of nitrogens with two attached hydrogens (primary N) is 1. The van der Waals surface area contributed by atoms with Crippen LogP contribution in [0.25, 0.3) is 33.1 Å². The van der Waals surface area contributed by atoms with E-state index in [2.05, 4.69) is 35.9 Å². The topological polar surface area (TPSA) is 222 Å². The van der Waals surface area contributed by atoms with Gasteiger partial charge in [0.05, 0.1) is 32.8 Å². The van der Waals surface area contributed by atoms with E-state index in [4.69, 9.17) is 28.8 Å². The zero-order valence-corrected chi connectivity index (χ0v) is 31.2. The molecule has 0 aliphatic rings. The molecule has 55 heavy (non-hydrogen) atoms. The van der Waals surface area contributed by atoms with Gasteiger partial charge in [-0.15, -0.1) is 0 Å². The monoisotopic (exact) mass is 754 g/mol. The summed E-state index contributed by atoms with van der Waals surface area (Å²) >= 11 is 0. The van der Waals surface area contributed by atoms with Crippen LogP contribution in [0.5, 0.6) is 5.88 Å². The van der Waals surface area contributed by atoms with Crippen LogP contribution in [0.4, 0.5) is 5.95 Å². The van der Waals surface area contributed by atoms with Crippen molar-refractivity contribution in [3.8, 4) is 5.88 Å². The van der Waals surface area contributed by atoms with Gasteiger partial charge in [0, 0.05) is 67.0 Å². The summed E-state index contributed by atoms with van der Waals surface area (Å²) < 4.78 is 28.6. The Kier molecular flexibility index (Phi) is 13.1. The van der Waals surface area contributed by atoms with E-state index in [-0.39, 0.29) is 42.8 Å². The summed E-state index contributed by atoms with van der Waals surface area (Å²) in [5.41, 5.74) is 12.3. The smallest absolute Gasteiger partial charge is 0.336 e. The molecular weight excluding hydrogens is 708 g/mol. The van der Waals surface area contributed by atoms with Gasteiger partial charge in [-0.1, -0.05) is 24.3 Å². The third-order valence-electron chi connectivity index (χ3n) is 9.06. The molecule has 0 spiro atoms. The molecule has 4 heterocycles. The van der Waals surface area contributed by atoms with Gasteiger partial charge in [0.2, 0.25) is 23.6 Å². The van der Waals surface area contributed by atoms with Gasteiger partial charge in [0.25, 0.3) is 0 Å². The highest BCUT2D eigenvalue weighted by molar-refractivity contribution is 6.00. The maximum Gasteiger partial charge on any atom is 0.336 e. The number of aromatic amines is 1. The molecule has 0 aliphatic heterocycles. The molecule has 6 N–H and O–H groups in total. The summed E-state index contributed by atoms with van der Waals surface area (Å²) in [7, 11) is 0. The van der Waals surface area contributed by atoms with E-state index in [1.165, 1.54) is 12.4 Å². The van der Waals surface area contributed by atoms with Crippen molar-refractivity contribution in [1.29, 1.82) is 0 Å². The van der Waals surface area contributed by atoms with Crippen molar-refractivity contribution in [2.45, 2.75) is 59.7 Å². The van der Waals surface area contributed by atoms with Gasteiger partial charge < -0.3 is 49.7 Å². The van der Waals surface area contributed by atoms with E-state index >= 15 is 0 Å². The zero-order valence-electron chi connectivity index (χ0n) is 31.2. The Morgan fingerprint density at radius 2 is 1.55 bits per heavy atom. The highest BCUT2D eigenvalue weighted by Gasteiger charge is 2.18. The number of aryl methyl sites for hydroxylation is 3. The highest BCUT2D eigenvalue weighted by atomic mass is 16.5. The standard InChI is InChI=1S/C39H46N8O8/c1-23-17-33(50)55-35-24(2)36-29(18-28(23)35)30(25(3)54-36)20-41-11-13-51-15-16-52-14-12-42-31(48)5-4-6-32(49)43-19-26-7-9-27(10-8-26)21-53-38-34-37(45-22-44-34)46-39(40)47-38/h7-10,17-18,22,41H,4-6,11-16,19-21H2,1-3H3,(H,42,48)(H,43,49)(H3,40,44,45,46,47). The number of hydrogen-bond donors (Lipinski definition) is 5. The number of H-pyrrole nitrogens is 1. The maximum absolute atomic E-state index is 12.3. The number of nitrogen functional groups attached to an aromatic ring is 1. The summed E-state index contributed by atoms with van der Waals surface area (Å²) in [6, 6.07) is 11.2. The van der Waals surface area contributed by atoms with Crippen molar-refractivity contribution in [2.24, 2.45) is 0 Å². The van der Waals surface area contributed by atoms with Crippen LogP contribution in [0.2, 0.25) is 0 Å². The number of carbonyl (C=O) groups excluding carboxylic acids is 2. The lowest BCUT2D eigenvalue weighted by molar-refractivity contribution is -0.122. The first-order valence-electron chi connectivity index (χ1n) is 18.2. The van der Waals surface area contributed by atoms with Crippen LogP contribution in [0.15, 0.2) is 56.4 Å². The number of anilines is 1. The van der Waals surface area contributed by atoms with Crippen LogP contribution in [-0.4, -0.2) is 71.3 Å². The van der Waals surface area contributed by atoms with Gasteiger partial charge in [0.1, 0.15) is 29.0 Å². The Hall–Kier alpha value is -5.84. The molecule has 2 amide bonds. The molecule has 0 saturated heterocycles. The van der Waals surface area contributed by atoms with Crippen LogP contribution in [0.3, 0.4) is 0 Å². The number of aromatic nitrogens is 4. The van der Waals surface area contributed by atoms with Crippen molar-refractivity contribution in [3.05, 3.63) is 86.7 Å². The lowest BCUT2D eigenvalue weighted by atomic mass is 10.0. The predicted molar refractivity (Wildman–Crippen MR) is 205 cm³/mol. The fraction of sp³-hybridized carbons (Fsp3) is 0.385. The molecule has 0 aliphatic carbocycles. The number of imidazole rings is 1. The SMILES string of the molecule is Cc1oc2c(C)c3oc(=O)cc(C)c3cc2c1CNCCOCCOCCNC(=O)CCCC(=O)NCc1ccc(COc2nc(N)nc3nc[nH]c23)cc1. The lowest BCUT2D eigenvalue weighted by Gasteiger charge is -2.09. The predicted octanol–water partition coefficient (Wildman–Crippen LogP) is 4.02. The molecule has 0 bridgehead atoms. The number of furan rings is 1. The number of ether oxygens (including phenoxy) is 3. The molecule has 16 heteroatoms. The molecule has 0 radical (unpaired) electrons. The molecule has 0 saturated carbocycles. The summed E-state index contributed by atoms with van der Waals surface area (Å²) in [6.45, 7) is 9.75. The summed E-state index contributed by atoms with van der Waals surface area (Å²) in [5, 5.41) is 11.0. The molecule has 0 unspecified atom stereocenters. The Morgan fingerprint density at radius 1 is 0.836 bits per heavy atom. The average molecular weight is 755 g/mol. The summed E-state index contributed by atoms with van der Waals surface area (Å²) in [6.07, 6.45) is 2.45. The van der Waals surface area contributed by atoms with E-state index < -0.39 is 0 Å². The van der Waals surface area contributed by atoms with E-state index in [0.29, 0.717) is 81.7 Å². The number of hydrogen-bond acceptors (Lipinski definition) is 13. The van der Waals surface area contributed by atoms with E-state index in [1.54, 1.807) is 0 Å². The Labute approximate surface area is 316 Å². The second-order valence-electron chi connectivity index (χ2n) is 13.1. The largest absolute Gasteiger partial charge is 0.471 e. The van der Waals surface area contributed by atoms with Crippen LogP contribution >= 0.6 is 0 Å². The number of fused-ring (bicyclic) bond motifs is 3. The minimum absolute atomic E-state index is 0.0826. The highest BCUT2D eigenvalue weighted by Crippen LogP contribution is 2.34. The number of nitrogens with zero attached hydrogens (tertiary/aromatic N) is 3. The third-order valence-corrected chi connectivity index (χ3v) is 9.06. The van der Waals surface area contributed by atoms with Gasteiger partial charge >= 0.3 is 5.63 Å². The molecular formula is C39H46N8O8. The van der Waals surface area contributed by atoms with Crippen LogP contribution in [0.1, 0.15) is 52.8 Å². The summed E-state index contributed by atoms with van der Waals surface area (Å²) in [4.78, 5) is 51.6. The first kappa shape index (κ1) is 38.9. The Bertz CT molecular complexity index is 2320. The van der Waals surface area contributed by atoms with E-state index in [1.807, 2.05) is 51.1 Å². The van der Waals surface area contributed by atoms with Crippen molar-refractivity contribution < 1.29 is 32.6 Å². The Morgan fingerprint density at radius 3 is 2.33 bits per heavy atom. The molecule has 6 rings (SSSR count). The molecule has 2 aromatic carbocycles. The number of benzene rings is 2. The second-order valence-corrected chi connectivity index (χ2v) is 13.1. The Balaban J connectivity index is 0.769. The third kappa shape index (κ3) is 10.2. The zero-order chi connectivity index (χ0) is 38.7. The normalized spacial score (nSPS) is 11.5. The van der Waals surface area contributed by atoms with Crippen LogP contribution in [-0.2, 0) is 38.8 Å². The van der Waals surface area contributed by atoms with Crippen molar-refractivity contribution in [3.63, 3.8) is 0 Å². The quantitative estimate of drug-likeness (QED) is 0.0550. The average Bonchev–Trinajstić information content (AvgIpc) is 3.76. The molecule has 16 nitrogen and oxygen atoms in total. The van der Waals surface area contributed by atoms with Gasteiger partial charge in [-0.05, 0) is 49.9 Å². The fourth-order valence-corrected chi connectivity index (χ4v) is 6.13. The molecule has 0 fully saturated rings. The second kappa shape index (κ2) is 18.5. The first-order valence-corrected chi connectivity index (χ1v) is 18.2. The number of rotatable bonds is 20. The maximum atomic E-state index is 12.3. The first-order chi connectivity index (χ1) is 26.7. The molecule has 6 aromatic rings. The van der Waals surface area contributed by atoms with Crippen LogP contribution < -0.4 is 32.0 Å². The summed E-state index contributed by atoms with van der Waals surface area (Å²) in [5.74, 6) is 0.980. The molecule has 0 atom stereocenters. The minimum atomic E-state index is -0.369. The fourth-order valence-electron chi connectivity index (χ4n) is 6.13. The molecule has 290 valence electrons. The van der Waals surface area contributed by atoms with Crippen LogP contribution in [0, 0.1) is 20.8 Å². The number of carbonyl (C=O) groups is 2. The lowest BCUT2D eigenvalue weighted by Crippen LogP contribution is -2.28. The van der Waals surface area contributed by atoms with E-state index in [9.17, 15) is 14.4 Å². The number of amides is 2. The van der Waals surface area contributed by atoms with Gasteiger partial charge in [-0.2, -0.15) is 9.97 Å². The molecule has 4 aromatic heterocycles. The van der Waals surface area contributed by atoms with Gasteiger partial charge in [-0.3, -0.25) is 9.59 Å². The van der Waals surface area contributed by atoms with Crippen molar-refractivity contribution >= 4 is 50.9 Å². The van der Waals surface area contributed by atoms with E-state index in [0.717, 1.165) is 49.9 Å². The van der Waals surface area contributed by atoms with Gasteiger partial charge in [0.15, 0.2) is 5.65 Å². The van der Waals surface area contributed by atoms with Crippen molar-refractivity contribution in [2.75, 3.05) is 45.3 Å². The van der Waals surface area contributed by atoms with Gasteiger partial charge in [-0.25, -0.2) is 9.78 Å². The minimum Gasteiger partial charge on any atom is -0.471 e. The van der Waals surface area contributed by atoms with Crippen molar-refractivity contribution in [1.82, 2.24) is 35.9 Å². The number of nitrogens with one attached hydrogen (secondary N) is 4.